The molecule has 0 saturated carbocycles. The molecule has 5 nitrogen and oxygen atoms in total. The minimum atomic E-state index is -4.34. The summed E-state index contributed by atoms with van der Waals surface area (Å²) in [6, 6.07) is 6.70. The van der Waals surface area contributed by atoms with E-state index in [2.05, 4.69) is 5.32 Å². The molecule has 0 spiro atoms. The van der Waals surface area contributed by atoms with E-state index in [1.54, 1.807) is 0 Å². The Bertz CT molecular complexity index is 549. The zero-order valence-corrected chi connectivity index (χ0v) is 14.1. The number of carbonyl (C=O) groups is 1. The van der Waals surface area contributed by atoms with Gasteiger partial charge in [-0.1, -0.05) is 17.7 Å². The molecule has 1 aromatic rings. The Hall–Kier alpha value is -1.80. The van der Waals surface area contributed by atoms with Crippen LogP contribution in [0.15, 0.2) is 24.3 Å². The number of hydrogen-bond donors (Lipinski definition) is 1. The number of amides is 1. The average molecular weight is 360 g/mol. The molecule has 0 radical (unpaired) electrons. The van der Waals surface area contributed by atoms with Gasteiger partial charge in [-0.2, -0.15) is 13.2 Å². The second-order valence-electron chi connectivity index (χ2n) is 5.98. The second kappa shape index (κ2) is 9.05. The minimum absolute atomic E-state index is 0.0260. The first-order chi connectivity index (χ1) is 11.8. The summed E-state index contributed by atoms with van der Waals surface area (Å²) in [5.74, 6) is 0.299. The van der Waals surface area contributed by atoms with Crippen LogP contribution in [0.3, 0.4) is 0 Å². The van der Waals surface area contributed by atoms with Gasteiger partial charge in [0.15, 0.2) is 0 Å². The minimum Gasteiger partial charge on any atom is -0.494 e. The molecule has 1 N–H and O–H groups in total. The van der Waals surface area contributed by atoms with E-state index in [0.29, 0.717) is 19.6 Å². The van der Waals surface area contributed by atoms with Gasteiger partial charge in [-0.15, -0.1) is 0 Å². The fourth-order valence-electron chi connectivity index (χ4n) is 2.53. The number of nitrogens with zero attached hydrogens (tertiary/aromatic N) is 1. The van der Waals surface area contributed by atoms with E-state index in [1.807, 2.05) is 31.2 Å². The molecule has 1 aliphatic rings. The molecular formula is C17H23F3N2O3. The van der Waals surface area contributed by atoms with Crippen molar-refractivity contribution in [3.63, 3.8) is 0 Å². The SMILES string of the molecule is Cc1ccc(OCCCNC(=O)C2COCCN2CC(F)(F)F)cc1. The number of morpholine rings is 1. The van der Waals surface area contributed by atoms with Gasteiger partial charge in [-0.05, 0) is 25.5 Å². The van der Waals surface area contributed by atoms with Crippen LogP contribution in [0.5, 0.6) is 5.75 Å². The lowest BCUT2D eigenvalue weighted by Crippen LogP contribution is -2.56. The number of rotatable bonds is 7. The van der Waals surface area contributed by atoms with Crippen molar-refractivity contribution < 1.29 is 27.4 Å². The molecule has 140 valence electrons. The number of aryl methyl sites for hydroxylation is 1. The maximum Gasteiger partial charge on any atom is 0.401 e. The number of hydrogen-bond acceptors (Lipinski definition) is 4. The Morgan fingerprint density at radius 1 is 1.36 bits per heavy atom. The normalized spacial score (nSPS) is 18.8. The topological polar surface area (TPSA) is 50.8 Å². The van der Waals surface area contributed by atoms with Crippen LogP contribution in [-0.4, -0.2) is 62.5 Å². The smallest absolute Gasteiger partial charge is 0.401 e. The molecule has 8 heteroatoms. The number of alkyl halides is 3. The van der Waals surface area contributed by atoms with Crippen LogP contribution in [0.25, 0.3) is 0 Å². The molecule has 1 heterocycles. The quantitative estimate of drug-likeness (QED) is 0.757. The Kier molecular flexibility index (Phi) is 7.07. The highest BCUT2D eigenvalue weighted by atomic mass is 19.4. The highest BCUT2D eigenvalue weighted by molar-refractivity contribution is 5.82. The van der Waals surface area contributed by atoms with Gasteiger partial charge >= 0.3 is 6.18 Å². The van der Waals surface area contributed by atoms with Gasteiger partial charge < -0.3 is 14.8 Å². The van der Waals surface area contributed by atoms with E-state index in [0.717, 1.165) is 16.2 Å². The van der Waals surface area contributed by atoms with Crippen molar-refractivity contribution in [1.29, 1.82) is 0 Å². The Balaban J connectivity index is 1.70. The van der Waals surface area contributed by atoms with Crippen molar-refractivity contribution in [1.82, 2.24) is 10.2 Å². The molecule has 1 atom stereocenters. The molecule has 0 bridgehead atoms. The number of carbonyl (C=O) groups excluding carboxylic acids is 1. The molecule has 1 unspecified atom stereocenters. The maximum absolute atomic E-state index is 12.6. The van der Waals surface area contributed by atoms with Gasteiger partial charge in [-0.25, -0.2) is 0 Å². The molecule has 0 aliphatic carbocycles. The van der Waals surface area contributed by atoms with Crippen LogP contribution in [0.4, 0.5) is 13.2 Å². The molecule has 0 aromatic heterocycles. The number of ether oxygens (including phenoxy) is 2. The van der Waals surface area contributed by atoms with Crippen LogP contribution < -0.4 is 10.1 Å². The van der Waals surface area contributed by atoms with Gasteiger partial charge in [-0.3, -0.25) is 9.69 Å². The Labute approximate surface area is 145 Å². The summed E-state index contributed by atoms with van der Waals surface area (Å²) >= 11 is 0. The van der Waals surface area contributed by atoms with E-state index >= 15 is 0 Å². The van der Waals surface area contributed by atoms with E-state index in [1.165, 1.54) is 0 Å². The van der Waals surface area contributed by atoms with Crippen molar-refractivity contribution in [3.05, 3.63) is 29.8 Å². The van der Waals surface area contributed by atoms with Gasteiger partial charge in [0.1, 0.15) is 11.8 Å². The number of nitrogens with one attached hydrogen (secondary N) is 1. The molecule has 2 rings (SSSR count). The van der Waals surface area contributed by atoms with Crippen LogP contribution in [0, 0.1) is 6.92 Å². The fraction of sp³-hybridized carbons (Fsp3) is 0.588. The van der Waals surface area contributed by atoms with Gasteiger partial charge in [0.25, 0.3) is 0 Å². The van der Waals surface area contributed by atoms with Crippen LogP contribution in [-0.2, 0) is 9.53 Å². The largest absolute Gasteiger partial charge is 0.494 e. The third-order valence-corrected chi connectivity index (χ3v) is 3.83. The van der Waals surface area contributed by atoms with E-state index in [9.17, 15) is 18.0 Å². The lowest BCUT2D eigenvalue weighted by atomic mass is 10.2. The van der Waals surface area contributed by atoms with Gasteiger partial charge in [0.05, 0.1) is 26.4 Å². The van der Waals surface area contributed by atoms with E-state index in [-0.39, 0.29) is 19.8 Å². The first-order valence-corrected chi connectivity index (χ1v) is 8.21. The van der Waals surface area contributed by atoms with Crippen LogP contribution >= 0.6 is 0 Å². The summed E-state index contributed by atoms with van der Waals surface area (Å²) in [6.07, 6.45) is -3.77. The van der Waals surface area contributed by atoms with Crippen molar-refractivity contribution >= 4 is 5.91 Å². The standard InChI is InChI=1S/C17H23F3N2O3/c1-13-3-5-14(6-4-13)25-9-2-7-21-16(23)15-11-24-10-8-22(15)12-17(18,19)20/h3-6,15H,2,7-12H2,1H3,(H,21,23). The molecule has 1 saturated heterocycles. The van der Waals surface area contributed by atoms with Gasteiger partial charge in [0, 0.05) is 13.1 Å². The molecule has 25 heavy (non-hydrogen) atoms. The number of halogens is 3. The van der Waals surface area contributed by atoms with Gasteiger partial charge in [0.2, 0.25) is 5.91 Å². The van der Waals surface area contributed by atoms with E-state index < -0.39 is 24.7 Å². The summed E-state index contributed by atoms with van der Waals surface area (Å²) < 4.78 is 48.4. The molecule has 1 amide bonds. The molecule has 1 fully saturated rings. The van der Waals surface area contributed by atoms with E-state index in [4.69, 9.17) is 9.47 Å². The van der Waals surface area contributed by atoms with Crippen molar-refractivity contribution in [2.45, 2.75) is 25.6 Å². The van der Waals surface area contributed by atoms with Crippen molar-refractivity contribution in [2.75, 3.05) is 39.5 Å². The third kappa shape index (κ3) is 6.91. The average Bonchev–Trinajstić information content (AvgIpc) is 2.55. The van der Waals surface area contributed by atoms with Crippen molar-refractivity contribution in [2.24, 2.45) is 0 Å². The molecule has 1 aromatic carbocycles. The first-order valence-electron chi connectivity index (χ1n) is 8.21. The second-order valence-corrected chi connectivity index (χ2v) is 5.98. The zero-order chi connectivity index (χ0) is 18.3. The predicted octanol–water partition coefficient (Wildman–Crippen LogP) is 2.14. The van der Waals surface area contributed by atoms with Crippen LogP contribution in [0.2, 0.25) is 0 Å². The summed E-state index contributed by atoms with van der Waals surface area (Å²) in [6.45, 7) is 1.89. The summed E-state index contributed by atoms with van der Waals surface area (Å²) in [5.41, 5.74) is 1.14. The summed E-state index contributed by atoms with van der Waals surface area (Å²) in [7, 11) is 0. The summed E-state index contributed by atoms with van der Waals surface area (Å²) in [4.78, 5) is 13.2. The van der Waals surface area contributed by atoms with Crippen molar-refractivity contribution in [3.8, 4) is 5.75 Å². The Morgan fingerprint density at radius 2 is 2.08 bits per heavy atom. The monoisotopic (exact) mass is 360 g/mol. The molecule has 1 aliphatic heterocycles. The fourth-order valence-corrected chi connectivity index (χ4v) is 2.53. The predicted molar refractivity (Wildman–Crippen MR) is 86.5 cm³/mol. The van der Waals surface area contributed by atoms with Crippen LogP contribution in [0.1, 0.15) is 12.0 Å². The highest BCUT2D eigenvalue weighted by Crippen LogP contribution is 2.19. The summed E-state index contributed by atoms with van der Waals surface area (Å²) in [5, 5.41) is 2.66. The first kappa shape index (κ1) is 19.5. The third-order valence-electron chi connectivity index (χ3n) is 3.83. The Morgan fingerprint density at radius 3 is 2.76 bits per heavy atom. The highest BCUT2D eigenvalue weighted by Gasteiger charge is 2.37. The molecular weight excluding hydrogens is 337 g/mol. The number of benzene rings is 1. The maximum atomic E-state index is 12.6. The lowest BCUT2D eigenvalue weighted by molar-refractivity contribution is -0.166. The lowest BCUT2D eigenvalue weighted by Gasteiger charge is -2.34. The zero-order valence-electron chi connectivity index (χ0n) is 14.1.